The SMILES string of the molecule is Cc1nc(CNC(C)c2nncn2C)sc1C. The van der Waals surface area contributed by atoms with Crippen LogP contribution in [-0.4, -0.2) is 19.7 Å². The van der Waals surface area contributed by atoms with Gasteiger partial charge in [-0.2, -0.15) is 0 Å². The standard InChI is InChI=1S/C11H17N5S/c1-7-9(3)17-10(14-7)5-12-8(2)11-15-13-6-16(11)4/h6,8,12H,5H2,1-4H3. The second kappa shape index (κ2) is 4.93. The number of nitrogens with zero attached hydrogens (tertiary/aromatic N) is 4. The van der Waals surface area contributed by atoms with Crippen molar-refractivity contribution in [2.24, 2.45) is 7.05 Å². The van der Waals surface area contributed by atoms with E-state index in [0.29, 0.717) is 0 Å². The molecular weight excluding hydrogens is 234 g/mol. The Balaban J connectivity index is 1.97. The van der Waals surface area contributed by atoms with Crippen molar-refractivity contribution in [3.8, 4) is 0 Å². The molecule has 2 aromatic rings. The quantitative estimate of drug-likeness (QED) is 0.899. The van der Waals surface area contributed by atoms with Gasteiger partial charge < -0.3 is 9.88 Å². The summed E-state index contributed by atoms with van der Waals surface area (Å²) in [6.45, 7) is 6.99. The lowest BCUT2D eigenvalue weighted by atomic mass is 10.3. The van der Waals surface area contributed by atoms with Crippen molar-refractivity contribution in [2.45, 2.75) is 33.4 Å². The molecular formula is C11H17N5S. The van der Waals surface area contributed by atoms with Crippen molar-refractivity contribution < 1.29 is 0 Å². The van der Waals surface area contributed by atoms with Gasteiger partial charge in [-0.3, -0.25) is 0 Å². The summed E-state index contributed by atoms with van der Waals surface area (Å²) in [5.74, 6) is 0.940. The summed E-state index contributed by atoms with van der Waals surface area (Å²) in [7, 11) is 1.95. The van der Waals surface area contributed by atoms with E-state index in [-0.39, 0.29) is 6.04 Å². The van der Waals surface area contributed by atoms with Crippen LogP contribution in [0.4, 0.5) is 0 Å². The van der Waals surface area contributed by atoms with E-state index in [2.05, 4.69) is 34.3 Å². The van der Waals surface area contributed by atoms with Gasteiger partial charge >= 0.3 is 0 Å². The second-order valence-corrected chi connectivity index (χ2v) is 5.44. The first-order valence-corrected chi connectivity index (χ1v) is 6.39. The molecule has 0 saturated carbocycles. The maximum Gasteiger partial charge on any atom is 0.149 e. The predicted octanol–water partition coefficient (Wildman–Crippen LogP) is 1.74. The molecule has 6 heteroatoms. The first-order chi connectivity index (χ1) is 8.08. The van der Waals surface area contributed by atoms with Crippen molar-refractivity contribution in [3.63, 3.8) is 0 Å². The third kappa shape index (κ3) is 2.70. The Hall–Kier alpha value is -1.27. The summed E-state index contributed by atoms with van der Waals surface area (Å²) in [5.41, 5.74) is 1.12. The highest BCUT2D eigenvalue weighted by Gasteiger charge is 2.11. The number of thiazole rings is 1. The van der Waals surface area contributed by atoms with Gasteiger partial charge in [-0.25, -0.2) is 4.98 Å². The van der Waals surface area contributed by atoms with E-state index in [1.807, 2.05) is 18.5 Å². The fourth-order valence-corrected chi connectivity index (χ4v) is 2.52. The zero-order valence-electron chi connectivity index (χ0n) is 10.6. The van der Waals surface area contributed by atoms with Gasteiger partial charge in [0.15, 0.2) is 0 Å². The molecule has 17 heavy (non-hydrogen) atoms. The molecule has 2 rings (SSSR count). The molecule has 2 heterocycles. The molecule has 0 saturated heterocycles. The Morgan fingerprint density at radius 1 is 1.47 bits per heavy atom. The van der Waals surface area contributed by atoms with Crippen LogP contribution < -0.4 is 5.32 Å². The molecule has 0 aliphatic heterocycles. The fraction of sp³-hybridized carbons (Fsp3) is 0.545. The fourth-order valence-electron chi connectivity index (χ4n) is 1.63. The van der Waals surface area contributed by atoms with Crippen molar-refractivity contribution >= 4 is 11.3 Å². The second-order valence-electron chi connectivity index (χ2n) is 4.15. The highest BCUT2D eigenvalue weighted by molar-refractivity contribution is 7.11. The van der Waals surface area contributed by atoms with Crippen LogP contribution in [0.1, 0.15) is 34.4 Å². The molecule has 0 fully saturated rings. The first-order valence-electron chi connectivity index (χ1n) is 5.58. The maximum absolute atomic E-state index is 4.50. The number of rotatable bonds is 4. The molecule has 0 amide bonds. The molecule has 5 nitrogen and oxygen atoms in total. The number of aryl methyl sites for hydroxylation is 3. The van der Waals surface area contributed by atoms with Crippen molar-refractivity contribution in [2.75, 3.05) is 0 Å². The zero-order chi connectivity index (χ0) is 12.4. The molecule has 1 atom stereocenters. The van der Waals surface area contributed by atoms with Gasteiger partial charge in [0.1, 0.15) is 17.2 Å². The number of nitrogens with one attached hydrogen (secondary N) is 1. The minimum atomic E-state index is 0.173. The monoisotopic (exact) mass is 251 g/mol. The summed E-state index contributed by atoms with van der Waals surface area (Å²) in [4.78, 5) is 5.78. The summed E-state index contributed by atoms with van der Waals surface area (Å²) in [6, 6.07) is 0.173. The van der Waals surface area contributed by atoms with Gasteiger partial charge in [0.2, 0.25) is 0 Å². The van der Waals surface area contributed by atoms with Gasteiger partial charge in [0, 0.05) is 18.5 Å². The topological polar surface area (TPSA) is 55.6 Å². The normalized spacial score (nSPS) is 12.9. The predicted molar refractivity (Wildman–Crippen MR) is 67.8 cm³/mol. The van der Waals surface area contributed by atoms with E-state index in [1.54, 1.807) is 17.7 Å². The van der Waals surface area contributed by atoms with Gasteiger partial charge in [-0.05, 0) is 20.8 Å². The largest absolute Gasteiger partial charge is 0.319 e. The van der Waals surface area contributed by atoms with Gasteiger partial charge in [-0.15, -0.1) is 21.5 Å². The van der Waals surface area contributed by atoms with E-state index in [4.69, 9.17) is 0 Å². The molecule has 1 N–H and O–H groups in total. The van der Waals surface area contributed by atoms with Crippen LogP contribution in [0.15, 0.2) is 6.33 Å². The summed E-state index contributed by atoms with van der Waals surface area (Å²) in [5, 5.41) is 12.5. The lowest BCUT2D eigenvalue weighted by molar-refractivity contribution is 0.527. The number of hydrogen-bond donors (Lipinski definition) is 1. The number of aromatic nitrogens is 4. The highest BCUT2D eigenvalue weighted by atomic mass is 32.1. The molecule has 0 aliphatic rings. The van der Waals surface area contributed by atoms with Crippen molar-refractivity contribution in [1.82, 2.24) is 25.1 Å². The van der Waals surface area contributed by atoms with Crippen LogP contribution in [0.3, 0.4) is 0 Å². The Morgan fingerprint density at radius 3 is 2.76 bits per heavy atom. The van der Waals surface area contributed by atoms with E-state index in [1.165, 1.54) is 4.88 Å². The van der Waals surface area contributed by atoms with Crippen molar-refractivity contribution in [1.29, 1.82) is 0 Å². The summed E-state index contributed by atoms with van der Waals surface area (Å²) >= 11 is 1.74. The molecule has 0 aliphatic carbocycles. The van der Waals surface area contributed by atoms with Crippen LogP contribution >= 0.6 is 11.3 Å². The van der Waals surface area contributed by atoms with Gasteiger partial charge in [0.25, 0.3) is 0 Å². The molecule has 0 bridgehead atoms. The van der Waals surface area contributed by atoms with Crippen LogP contribution in [0, 0.1) is 13.8 Å². The molecule has 0 radical (unpaired) electrons. The lowest BCUT2D eigenvalue weighted by Crippen LogP contribution is -2.21. The van der Waals surface area contributed by atoms with E-state index < -0.39 is 0 Å². The highest BCUT2D eigenvalue weighted by Crippen LogP contribution is 2.17. The Morgan fingerprint density at radius 2 is 2.24 bits per heavy atom. The summed E-state index contributed by atoms with van der Waals surface area (Å²) in [6.07, 6.45) is 1.71. The van der Waals surface area contributed by atoms with E-state index >= 15 is 0 Å². The van der Waals surface area contributed by atoms with Gasteiger partial charge in [-0.1, -0.05) is 0 Å². The average Bonchev–Trinajstić information content (AvgIpc) is 2.83. The first kappa shape index (κ1) is 12.2. The van der Waals surface area contributed by atoms with E-state index in [9.17, 15) is 0 Å². The van der Waals surface area contributed by atoms with E-state index in [0.717, 1.165) is 23.1 Å². The Bertz CT molecular complexity index is 482. The minimum absolute atomic E-state index is 0.173. The van der Waals surface area contributed by atoms with Gasteiger partial charge in [0.05, 0.1) is 11.7 Å². The molecule has 1 unspecified atom stereocenters. The molecule has 0 spiro atoms. The molecule has 2 aromatic heterocycles. The van der Waals surface area contributed by atoms with Crippen LogP contribution in [0.25, 0.3) is 0 Å². The minimum Gasteiger partial charge on any atom is -0.319 e. The molecule has 92 valence electrons. The zero-order valence-corrected chi connectivity index (χ0v) is 11.4. The average molecular weight is 251 g/mol. The van der Waals surface area contributed by atoms with Crippen LogP contribution in [-0.2, 0) is 13.6 Å². The van der Waals surface area contributed by atoms with Crippen LogP contribution in [0.5, 0.6) is 0 Å². The third-order valence-corrected chi connectivity index (χ3v) is 3.84. The Kier molecular flexibility index (Phi) is 3.54. The van der Waals surface area contributed by atoms with Crippen LogP contribution in [0.2, 0.25) is 0 Å². The molecule has 0 aromatic carbocycles. The Labute approximate surface area is 105 Å². The summed E-state index contributed by atoms with van der Waals surface area (Å²) < 4.78 is 1.93. The third-order valence-electron chi connectivity index (χ3n) is 2.77. The smallest absolute Gasteiger partial charge is 0.149 e. The number of hydrogen-bond acceptors (Lipinski definition) is 5. The van der Waals surface area contributed by atoms with Crippen molar-refractivity contribution in [3.05, 3.63) is 27.7 Å². The lowest BCUT2D eigenvalue weighted by Gasteiger charge is -2.11. The maximum atomic E-state index is 4.50.